The third kappa shape index (κ3) is 11.9. The lowest BCUT2D eigenvalue weighted by atomic mass is 9.55. The van der Waals surface area contributed by atoms with Gasteiger partial charge < -0.3 is 36.2 Å². The molecular formula is C40H48Cl2N6O10. The molecule has 3 aromatic rings. The minimum atomic E-state index is -1.28. The summed E-state index contributed by atoms with van der Waals surface area (Å²) in [4.78, 5) is 54.1. The molecule has 58 heavy (non-hydrogen) atoms. The Bertz CT molecular complexity index is 1950. The van der Waals surface area contributed by atoms with Gasteiger partial charge in [0.25, 0.3) is 5.91 Å². The first-order valence-electron chi connectivity index (χ1n) is 18.8. The van der Waals surface area contributed by atoms with Crippen molar-refractivity contribution in [1.29, 1.82) is 0 Å². The van der Waals surface area contributed by atoms with Crippen molar-refractivity contribution in [2.45, 2.75) is 63.9 Å². The fourth-order valence-electron chi connectivity index (χ4n) is 7.98. The van der Waals surface area contributed by atoms with Gasteiger partial charge in [-0.25, -0.2) is 9.59 Å². The van der Waals surface area contributed by atoms with E-state index in [0.29, 0.717) is 46.3 Å². The first-order valence-corrected chi connectivity index (χ1v) is 19.9. The zero-order valence-electron chi connectivity index (χ0n) is 31.9. The van der Waals surface area contributed by atoms with Gasteiger partial charge in [0, 0.05) is 30.4 Å². The van der Waals surface area contributed by atoms with Crippen molar-refractivity contribution in [3.8, 4) is 11.5 Å². The zero-order chi connectivity index (χ0) is 42.4. The summed E-state index contributed by atoms with van der Waals surface area (Å²) >= 11 is 10.6. The number of phenolic OH excluding ortho intramolecular Hbond substituents is 1. The van der Waals surface area contributed by atoms with E-state index >= 15 is 0 Å². The van der Waals surface area contributed by atoms with Crippen LogP contribution in [0.1, 0.15) is 83.2 Å². The number of aliphatic carboxylic acids is 1. The molecule has 3 aliphatic rings. The highest BCUT2D eigenvalue weighted by molar-refractivity contribution is 6.18. The van der Waals surface area contributed by atoms with Gasteiger partial charge in [-0.05, 0) is 127 Å². The molecule has 2 saturated carbocycles. The van der Waals surface area contributed by atoms with Crippen LogP contribution in [0.25, 0.3) is 0 Å². The minimum absolute atomic E-state index is 0.0301. The molecule has 16 nitrogen and oxygen atoms in total. The molecule has 18 heteroatoms. The van der Waals surface area contributed by atoms with Crippen molar-refractivity contribution in [1.82, 2.24) is 15.6 Å². The highest BCUT2D eigenvalue weighted by Crippen LogP contribution is 2.60. The Balaban J connectivity index is 0.000000206. The summed E-state index contributed by atoms with van der Waals surface area (Å²) < 4.78 is 0. The second kappa shape index (κ2) is 21.4. The Kier molecular flexibility index (Phi) is 16.8. The second-order valence-corrected chi connectivity index (χ2v) is 15.2. The number of aliphatic hydroxyl groups is 1. The smallest absolute Gasteiger partial charge is 0.340 e. The number of urea groups is 1. The van der Waals surface area contributed by atoms with Gasteiger partial charge in [-0.3, -0.25) is 9.59 Å². The number of aromatic carboxylic acids is 1. The van der Waals surface area contributed by atoms with Crippen molar-refractivity contribution in [2.75, 3.05) is 31.4 Å². The molecule has 0 radical (unpaired) electrons. The van der Waals surface area contributed by atoms with Crippen molar-refractivity contribution in [2.24, 2.45) is 32.8 Å². The van der Waals surface area contributed by atoms with Gasteiger partial charge in [0.05, 0.1) is 35.7 Å². The molecule has 0 spiro atoms. The summed E-state index contributed by atoms with van der Waals surface area (Å²) in [5.41, 5.74) is 3.72. The van der Waals surface area contributed by atoms with E-state index in [-0.39, 0.29) is 53.9 Å². The number of carbonyl (C=O) groups excluding carboxylic acids is 2. The average Bonchev–Trinajstić information content (AvgIpc) is 3.52. The SMILES string of the molecule is C[C@]12CC[C@@H]3c4ccc(O)cc4CC[C@H]3[C@@H]1CC[C@@H]2O.O=C(O)CCNC(=O)c1ccc(N=Nc2ccc(O)c(C(=O)O)c2)cc1.O=NN(CCCl)C(=O)NCCCl. The van der Waals surface area contributed by atoms with Crippen LogP contribution in [-0.2, 0) is 11.2 Å². The van der Waals surface area contributed by atoms with Gasteiger partial charge in [-0.2, -0.15) is 15.2 Å². The van der Waals surface area contributed by atoms with Gasteiger partial charge in [-0.15, -0.1) is 28.1 Å². The van der Waals surface area contributed by atoms with Crippen molar-refractivity contribution in [3.05, 3.63) is 87.8 Å². The van der Waals surface area contributed by atoms with E-state index in [0.717, 1.165) is 25.2 Å². The maximum Gasteiger partial charge on any atom is 0.340 e. The third-order valence-electron chi connectivity index (χ3n) is 10.9. The number of amides is 3. The number of hydrogen-bond donors (Lipinski definition) is 7. The monoisotopic (exact) mass is 842 g/mol. The Hall–Kier alpha value is -5.32. The van der Waals surface area contributed by atoms with E-state index in [1.54, 1.807) is 0 Å². The predicted molar refractivity (Wildman–Crippen MR) is 216 cm³/mol. The molecular weight excluding hydrogens is 795 g/mol. The largest absolute Gasteiger partial charge is 0.508 e. The number of aryl methyl sites for hydroxylation is 1. The fraction of sp³-hybridized carbons (Fsp3) is 0.450. The Morgan fingerprint density at radius 3 is 2.22 bits per heavy atom. The fourth-order valence-corrected chi connectivity index (χ4v) is 8.24. The lowest BCUT2D eigenvalue weighted by Crippen LogP contribution is -2.43. The van der Waals surface area contributed by atoms with E-state index in [9.17, 15) is 39.4 Å². The zero-order valence-corrected chi connectivity index (χ0v) is 33.4. The van der Waals surface area contributed by atoms with E-state index in [4.69, 9.17) is 33.4 Å². The van der Waals surface area contributed by atoms with E-state index in [1.807, 2.05) is 12.1 Å². The summed E-state index contributed by atoms with van der Waals surface area (Å²) in [7, 11) is 0. The van der Waals surface area contributed by atoms with Crippen LogP contribution in [0.15, 0.2) is 76.2 Å². The number of carboxylic acid groups (broad SMARTS) is 2. The van der Waals surface area contributed by atoms with Crippen LogP contribution < -0.4 is 10.6 Å². The normalized spacial score (nSPS) is 21.4. The summed E-state index contributed by atoms with van der Waals surface area (Å²) in [6.07, 6.45) is 6.62. The van der Waals surface area contributed by atoms with Crippen LogP contribution in [0, 0.1) is 22.2 Å². The number of aliphatic hydroxyl groups excluding tert-OH is 1. The van der Waals surface area contributed by atoms with Crippen molar-refractivity contribution < 1.29 is 44.7 Å². The quantitative estimate of drug-likeness (QED) is 0.0410. The van der Waals surface area contributed by atoms with E-state index < -0.39 is 23.9 Å². The molecule has 312 valence electrons. The number of hydrogen-bond acceptors (Lipinski definition) is 11. The van der Waals surface area contributed by atoms with Crippen LogP contribution in [0.5, 0.6) is 11.5 Å². The molecule has 6 rings (SSSR count). The van der Waals surface area contributed by atoms with Crippen molar-refractivity contribution >= 4 is 58.5 Å². The minimum Gasteiger partial charge on any atom is -0.508 e. The maximum absolute atomic E-state index is 11.8. The van der Waals surface area contributed by atoms with Gasteiger partial charge in [0.15, 0.2) is 0 Å². The van der Waals surface area contributed by atoms with E-state index in [1.165, 1.54) is 72.9 Å². The summed E-state index contributed by atoms with van der Waals surface area (Å²) in [5.74, 6) is -0.101. The second-order valence-electron chi connectivity index (χ2n) is 14.4. The number of carboxylic acids is 2. The summed E-state index contributed by atoms with van der Waals surface area (Å²) in [6.45, 7) is 2.74. The Labute approximate surface area is 345 Å². The topological polar surface area (TPSA) is 251 Å². The molecule has 3 aromatic carbocycles. The molecule has 3 aliphatic carbocycles. The van der Waals surface area contributed by atoms with Gasteiger partial charge in [-0.1, -0.05) is 13.0 Å². The van der Waals surface area contributed by atoms with Gasteiger partial charge in [0.2, 0.25) is 0 Å². The lowest BCUT2D eigenvalue weighted by molar-refractivity contribution is -0.136. The molecule has 2 fully saturated rings. The number of aromatic hydroxyl groups is 2. The molecule has 0 aromatic heterocycles. The molecule has 3 amide bonds. The number of phenols is 2. The number of nitroso groups, excluding NO2 is 1. The summed E-state index contributed by atoms with van der Waals surface area (Å²) in [5, 5.41) is 62.8. The number of benzene rings is 3. The molecule has 5 atom stereocenters. The Morgan fingerprint density at radius 1 is 0.862 bits per heavy atom. The van der Waals surface area contributed by atoms with Crippen molar-refractivity contribution in [3.63, 3.8) is 0 Å². The molecule has 0 saturated heterocycles. The first-order chi connectivity index (χ1) is 27.7. The number of carbonyl (C=O) groups is 4. The van der Waals surface area contributed by atoms with Crippen LogP contribution in [0.2, 0.25) is 0 Å². The van der Waals surface area contributed by atoms with Gasteiger partial charge >= 0.3 is 18.0 Å². The highest BCUT2D eigenvalue weighted by atomic mass is 35.5. The number of azo groups is 1. The number of nitrogens with zero attached hydrogens (tertiary/aromatic N) is 4. The van der Waals surface area contributed by atoms with Gasteiger partial charge in [0.1, 0.15) is 17.1 Å². The van der Waals surface area contributed by atoms with Crippen LogP contribution in [0.4, 0.5) is 16.2 Å². The van der Waals surface area contributed by atoms with Crippen LogP contribution in [-0.4, -0.2) is 91.9 Å². The molecule has 0 unspecified atom stereocenters. The third-order valence-corrected chi connectivity index (χ3v) is 11.3. The molecule has 0 bridgehead atoms. The number of alkyl halides is 2. The maximum atomic E-state index is 11.8. The number of halogens is 2. The standard InChI is InChI=1S/C18H24O2.C17H15N3O6.C5H9Cl2N3O2/c1-18-9-8-14-13-5-3-12(19)10-11(13)2-4-15(14)16(18)6-7-17(18)20;21-14-6-5-12(9-13(14)17(25)26)20-19-11-3-1-10(2-4-11)16(24)18-8-7-15(22)23;6-1-3-8-5(11)10(9-12)4-2-7/h3,5,10,14-17,19-20H,2,4,6-9H2,1H3;1-6,9,21H,7-8H2,(H,18,24)(H,22,23)(H,25,26);1-4H2,(H,8,11)/t14-,15-,16+,17+,18+;;/m1../s1. The Morgan fingerprint density at radius 2 is 1.57 bits per heavy atom. The average molecular weight is 844 g/mol. The van der Waals surface area contributed by atoms with Crippen LogP contribution in [0.3, 0.4) is 0 Å². The number of fused-ring (bicyclic) bond motifs is 5. The van der Waals surface area contributed by atoms with E-state index in [2.05, 4.69) is 39.1 Å². The first kappa shape index (κ1) is 45.4. The predicted octanol–water partition coefficient (Wildman–Crippen LogP) is 7.48. The number of nitrogens with one attached hydrogen (secondary N) is 2. The lowest BCUT2D eigenvalue weighted by Gasteiger charge is -2.50. The molecule has 0 aliphatic heterocycles. The highest BCUT2D eigenvalue weighted by Gasteiger charge is 2.54. The number of rotatable bonds is 12. The molecule has 7 N–H and O–H groups in total. The van der Waals surface area contributed by atoms with Crippen LogP contribution >= 0.6 is 23.2 Å². The molecule has 0 heterocycles. The summed E-state index contributed by atoms with van der Waals surface area (Å²) in [6, 6.07) is 15.3.